The van der Waals surface area contributed by atoms with Crippen molar-refractivity contribution in [2.45, 2.75) is 13.0 Å². The summed E-state index contributed by atoms with van der Waals surface area (Å²) in [5, 5.41) is 13.2. The highest BCUT2D eigenvalue weighted by molar-refractivity contribution is 5.95. The van der Waals surface area contributed by atoms with Gasteiger partial charge in [0.15, 0.2) is 0 Å². The molecule has 1 aliphatic rings. The number of hydrogen-bond acceptors (Lipinski definition) is 4. The topological polar surface area (TPSA) is 71.2 Å². The highest BCUT2D eigenvalue weighted by atomic mass is 16.3. The van der Waals surface area contributed by atoms with Crippen molar-refractivity contribution in [2.75, 3.05) is 18.1 Å². The average molecular weight is 272 g/mol. The van der Waals surface area contributed by atoms with Crippen molar-refractivity contribution in [3.8, 4) is 0 Å². The summed E-state index contributed by atoms with van der Waals surface area (Å²) in [5.74, 6) is 0.114. The van der Waals surface area contributed by atoms with E-state index in [4.69, 9.17) is 0 Å². The summed E-state index contributed by atoms with van der Waals surface area (Å²) in [6.07, 6.45) is 3.58. The van der Waals surface area contributed by atoms with Gasteiger partial charge < -0.3 is 10.0 Å². The number of benzene rings is 1. The minimum Gasteiger partial charge on any atom is -0.396 e. The van der Waals surface area contributed by atoms with Crippen LogP contribution in [0.5, 0.6) is 0 Å². The molecule has 1 fully saturated rings. The van der Waals surface area contributed by atoms with Gasteiger partial charge in [0, 0.05) is 31.2 Å². The first-order chi connectivity index (χ1) is 9.76. The van der Waals surface area contributed by atoms with Gasteiger partial charge in [0.1, 0.15) is 12.7 Å². The van der Waals surface area contributed by atoms with Crippen molar-refractivity contribution in [1.82, 2.24) is 14.8 Å². The van der Waals surface area contributed by atoms with E-state index in [1.165, 1.54) is 6.33 Å². The Morgan fingerprint density at radius 1 is 1.40 bits per heavy atom. The van der Waals surface area contributed by atoms with Crippen LogP contribution < -0.4 is 4.90 Å². The van der Waals surface area contributed by atoms with Crippen LogP contribution in [-0.2, 0) is 11.3 Å². The van der Waals surface area contributed by atoms with Gasteiger partial charge in [0.05, 0.1) is 6.54 Å². The lowest BCUT2D eigenvalue weighted by Crippen LogP contribution is -2.25. The maximum Gasteiger partial charge on any atom is 0.227 e. The molecule has 1 N–H and O–H groups in total. The molecule has 1 aromatic heterocycles. The highest BCUT2D eigenvalue weighted by Crippen LogP contribution is 2.25. The summed E-state index contributed by atoms with van der Waals surface area (Å²) in [6, 6.07) is 7.83. The quantitative estimate of drug-likeness (QED) is 0.888. The summed E-state index contributed by atoms with van der Waals surface area (Å²) >= 11 is 0. The third-order valence-electron chi connectivity index (χ3n) is 3.50. The fourth-order valence-corrected chi connectivity index (χ4v) is 2.48. The summed E-state index contributed by atoms with van der Waals surface area (Å²) in [4.78, 5) is 17.6. The molecule has 1 aromatic carbocycles. The van der Waals surface area contributed by atoms with E-state index in [-0.39, 0.29) is 18.4 Å². The molecule has 0 bridgehead atoms. The van der Waals surface area contributed by atoms with Crippen LogP contribution in [0.2, 0.25) is 0 Å². The van der Waals surface area contributed by atoms with Gasteiger partial charge in [-0.1, -0.05) is 12.1 Å². The second-order valence-corrected chi connectivity index (χ2v) is 5.02. The van der Waals surface area contributed by atoms with Gasteiger partial charge in [-0.3, -0.25) is 4.79 Å². The molecule has 2 heterocycles. The van der Waals surface area contributed by atoms with Crippen molar-refractivity contribution in [3.05, 3.63) is 42.5 Å². The number of carbonyl (C=O) groups excluding carboxylic acids is 1. The zero-order valence-corrected chi connectivity index (χ0v) is 11.0. The molecule has 1 amide bonds. The second-order valence-electron chi connectivity index (χ2n) is 5.02. The third kappa shape index (κ3) is 2.55. The van der Waals surface area contributed by atoms with E-state index in [2.05, 4.69) is 10.1 Å². The van der Waals surface area contributed by atoms with Crippen LogP contribution in [0.3, 0.4) is 0 Å². The molecule has 6 nitrogen and oxygen atoms in total. The zero-order chi connectivity index (χ0) is 13.9. The monoisotopic (exact) mass is 272 g/mol. The minimum atomic E-state index is 0.0430. The van der Waals surface area contributed by atoms with Gasteiger partial charge in [-0.25, -0.2) is 9.67 Å². The normalized spacial score (nSPS) is 18.8. The molecule has 20 heavy (non-hydrogen) atoms. The van der Waals surface area contributed by atoms with Gasteiger partial charge in [-0.05, 0) is 17.7 Å². The predicted molar refractivity (Wildman–Crippen MR) is 73.1 cm³/mol. The zero-order valence-electron chi connectivity index (χ0n) is 11.0. The molecule has 1 atom stereocenters. The molecule has 2 aromatic rings. The first kappa shape index (κ1) is 12.8. The Hall–Kier alpha value is -2.21. The number of aliphatic hydroxyl groups excluding tert-OH is 1. The maximum atomic E-state index is 12.0. The average Bonchev–Trinajstić information content (AvgIpc) is 3.08. The molecule has 6 heteroatoms. The molecule has 1 aliphatic heterocycles. The van der Waals surface area contributed by atoms with Crippen LogP contribution in [0.4, 0.5) is 5.69 Å². The lowest BCUT2D eigenvalue weighted by Gasteiger charge is -2.17. The van der Waals surface area contributed by atoms with Gasteiger partial charge in [0.25, 0.3) is 0 Å². The van der Waals surface area contributed by atoms with Crippen molar-refractivity contribution in [2.24, 2.45) is 5.92 Å². The van der Waals surface area contributed by atoms with E-state index in [1.807, 2.05) is 24.3 Å². The Morgan fingerprint density at radius 2 is 2.30 bits per heavy atom. The minimum absolute atomic E-state index is 0.0430. The highest BCUT2D eigenvalue weighted by Gasteiger charge is 2.29. The number of aliphatic hydroxyl groups is 1. The smallest absolute Gasteiger partial charge is 0.227 e. The van der Waals surface area contributed by atoms with Crippen molar-refractivity contribution in [1.29, 1.82) is 0 Å². The molecular weight excluding hydrogens is 256 g/mol. The lowest BCUT2D eigenvalue weighted by atomic mass is 10.1. The maximum absolute atomic E-state index is 12.0. The lowest BCUT2D eigenvalue weighted by molar-refractivity contribution is -0.117. The van der Waals surface area contributed by atoms with Crippen LogP contribution in [0.15, 0.2) is 36.9 Å². The molecule has 0 spiro atoms. The van der Waals surface area contributed by atoms with E-state index in [0.717, 1.165) is 11.3 Å². The molecular formula is C14H16N4O2. The molecule has 0 aliphatic carbocycles. The molecule has 1 unspecified atom stereocenters. The van der Waals surface area contributed by atoms with E-state index >= 15 is 0 Å². The van der Waals surface area contributed by atoms with Crippen molar-refractivity contribution >= 4 is 11.6 Å². The summed E-state index contributed by atoms with van der Waals surface area (Å²) in [7, 11) is 0. The predicted octanol–water partition coefficient (Wildman–Crippen LogP) is 0.672. The summed E-state index contributed by atoms with van der Waals surface area (Å²) < 4.78 is 1.74. The largest absolute Gasteiger partial charge is 0.396 e. The third-order valence-corrected chi connectivity index (χ3v) is 3.50. The number of amides is 1. The van der Waals surface area contributed by atoms with Gasteiger partial charge in [-0.15, -0.1) is 0 Å². The fourth-order valence-electron chi connectivity index (χ4n) is 2.48. The van der Waals surface area contributed by atoms with Crippen LogP contribution in [-0.4, -0.2) is 38.9 Å². The van der Waals surface area contributed by atoms with Crippen molar-refractivity contribution < 1.29 is 9.90 Å². The van der Waals surface area contributed by atoms with E-state index in [1.54, 1.807) is 15.9 Å². The van der Waals surface area contributed by atoms with Crippen LogP contribution in [0, 0.1) is 5.92 Å². The van der Waals surface area contributed by atoms with Crippen molar-refractivity contribution in [3.63, 3.8) is 0 Å². The SMILES string of the molecule is O=C1CC(CO)CN1c1cccc(Cn2cncn2)c1. The van der Waals surface area contributed by atoms with E-state index in [0.29, 0.717) is 19.5 Å². The van der Waals surface area contributed by atoms with Gasteiger partial charge in [-0.2, -0.15) is 5.10 Å². The molecule has 104 valence electrons. The number of carbonyl (C=O) groups is 1. The van der Waals surface area contributed by atoms with E-state index in [9.17, 15) is 9.90 Å². The summed E-state index contributed by atoms with van der Waals surface area (Å²) in [6.45, 7) is 1.27. The van der Waals surface area contributed by atoms with Gasteiger partial charge >= 0.3 is 0 Å². The first-order valence-corrected chi connectivity index (χ1v) is 6.59. The Labute approximate surface area is 116 Å². The second kappa shape index (κ2) is 5.42. The Kier molecular flexibility index (Phi) is 3.47. The van der Waals surface area contributed by atoms with Gasteiger partial charge in [0.2, 0.25) is 5.91 Å². The van der Waals surface area contributed by atoms with E-state index < -0.39 is 0 Å². The molecule has 0 radical (unpaired) electrons. The molecule has 0 saturated carbocycles. The molecule has 3 rings (SSSR count). The molecule has 1 saturated heterocycles. The fraction of sp³-hybridized carbons (Fsp3) is 0.357. The number of aromatic nitrogens is 3. The Balaban J connectivity index is 1.79. The Bertz CT molecular complexity index is 597. The van der Waals surface area contributed by atoms with Crippen LogP contribution >= 0.6 is 0 Å². The number of hydrogen-bond donors (Lipinski definition) is 1. The van der Waals surface area contributed by atoms with Crippen LogP contribution in [0.1, 0.15) is 12.0 Å². The number of nitrogens with zero attached hydrogens (tertiary/aromatic N) is 4. The Morgan fingerprint density at radius 3 is 3.00 bits per heavy atom. The van der Waals surface area contributed by atoms with Crippen LogP contribution in [0.25, 0.3) is 0 Å². The number of rotatable bonds is 4. The first-order valence-electron chi connectivity index (χ1n) is 6.59. The number of anilines is 1. The summed E-state index contributed by atoms with van der Waals surface area (Å²) in [5.41, 5.74) is 1.94. The standard InChI is InChI=1S/C14H16N4O2/c19-8-12-5-14(20)18(7-12)13-3-1-2-11(4-13)6-17-10-15-9-16-17/h1-4,9-10,12,19H,5-8H2.